The number of nitrogens with zero attached hydrogens (tertiary/aromatic N) is 1. The van der Waals surface area contributed by atoms with Crippen LogP contribution in [0.4, 0.5) is 0 Å². The quantitative estimate of drug-likeness (QED) is 0.796. The van der Waals surface area contributed by atoms with Crippen LogP contribution in [0.3, 0.4) is 0 Å². The van der Waals surface area contributed by atoms with Crippen molar-refractivity contribution in [3.63, 3.8) is 0 Å². The van der Waals surface area contributed by atoms with Crippen LogP contribution in [-0.4, -0.2) is 25.0 Å². The van der Waals surface area contributed by atoms with Crippen LogP contribution in [-0.2, 0) is 20.7 Å². The number of nitriles is 1. The number of amides is 1. The Morgan fingerprint density at radius 1 is 1.35 bits per heavy atom. The van der Waals surface area contributed by atoms with Gasteiger partial charge in [0.15, 0.2) is 0 Å². The molecule has 1 rings (SSSR count). The first kappa shape index (κ1) is 15.7. The Kier molecular flexibility index (Phi) is 6.24. The van der Waals surface area contributed by atoms with Gasteiger partial charge in [0.2, 0.25) is 5.91 Å². The SMILES string of the molecule is COC(=O)[C@@H](C[C@H](C)C#N)NC(=O)Cc1ccccc1. The van der Waals surface area contributed by atoms with Crippen molar-refractivity contribution >= 4 is 11.9 Å². The zero-order chi connectivity index (χ0) is 15.0. The fraction of sp³-hybridized carbons (Fsp3) is 0.400. The van der Waals surface area contributed by atoms with Crippen LogP contribution in [0.5, 0.6) is 0 Å². The van der Waals surface area contributed by atoms with Gasteiger partial charge >= 0.3 is 5.97 Å². The van der Waals surface area contributed by atoms with E-state index in [2.05, 4.69) is 10.1 Å². The van der Waals surface area contributed by atoms with Crippen LogP contribution in [0, 0.1) is 17.2 Å². The average Bonchev–Trinajstić information content (AvgIpc) is 2.46. The second-order valence-corrected chi connectivity index (χ2v) is 4.57. The summed E-state index contributed by atoms with van der Waals surface area (Å²) in [6, 6.07) is 10.5. The van der Waals surface area contributed by atoms with E-state index in [0.717, 1.165) is 5.56 Å². The summed E-state index contributed by atoms with van der Waals surface area (Å²) >= 11 is 0. The maximum absolute atomic E-state index is 11.9. The van der Waals surface area contributed by atoms with Gasteiger partial charge in [-0.1, -0.05) is 30.3 Å². The van der Waals surface area contributed by atoms with Gasteiger partial charge in [-0.3, -0.25) is 4.79 Å². The number of ether oxygens (including phenoxy) is 1. The van der Waals surface area contributed by atoms with E-state index in [1.165, 1.54) is 7.11 Å². The minimum Gasteiger partial charge on any atom is -0.467 e. The highest BCUT2D eigenvalue weighted by molar-refractivity contribution is 5.85. The van der Waals surface area contributed by atoms with Crippen molar-refractivity contribution in [1.82, 2.24) is 5.32 Å². The summed E-state index contributed by atoms with van der Waals surface area (Å²) in [5, 5.41) is 11.4. The summed E-state index contributed by atoms with van der Waals surface area (Å²) in [7, 11) is 1.26. The number of carbonyl (C=O) groups excluding carboxylic acids is 2. The molecule has 0 heterocycles. The molecular formula is C15H18N2O3. The summed E-state index contributed by atoms with van der Waals surface area (Å²) in [6.45, 7) is 1.69. The summed E-state index contributed by atoms with van der Waals surface area (Å²) in [5.41, 5.74) is 0.863. The van der Waals surface area contributed by atoms with Gasteiger partial charge in [-0.2, -0.15) is 5.26 Å². The fourth-order valence-electron chi connectivity index (χ4n) is 1.79. The molecule has 1 aromatic rings. The van der Waals surface area contributed by atoms with E-state index in [9.17, 15) is 9.59 Å². The number of hydrogen-bond acceptors (Lipinski definition) is 4. The van der Waals surface area contributed by atoms with Gasteiger partial charge in [-0.25, -0.2) is 4.79 Å². The minimum atomic E-state index is -0.786. The topological polar surface area (TPSA) is 79.2 Å². The number of benzene rings is 1. The zero-order valence-corrected chi connectivity index (χ0v) is 11.6. The molecule has 2 atom stereocenters. The average molecular weight is 274 g/mol. The van der Waals surface area contributed by atoms with Crippen molar-refractivity contribution in [2.24, 2.45) is 5.92 Å². The van der Waals surface area contributed by atoms with Gasteiger partial charge < -0.3 is 10.1 Å². The molecule has 106 valence electrons. The van der Waals surface area contributed by atoms with Gasteiger partial charge in [0.25, 0.3) is 0 Å². The van der Waals surface area contributed by atoms with Crippen molar-refractivity contribution in [2.75, 3.05) is 7.11 Å². The Morgan fingerprint density at radius 3 is 2.55 bits per heavy atom. The molecule has 0 aliphatic carbocycles. The Bertz CT molecular complexity index is 494. The Hall–Kier alpha value is -2.35. The van der Waals surface area contributed by atoms with Gasteiger partial charge in [0, 0.05) is 5.92 Å². The molecule has 0 radical (unpaired) electrons. The molecule has 1 aromatic carbocycles. The zero-order valence-electron chi connectivity index (χ0n) is 11.6. The highest BCUT2D eigenvalue weighted by atomic mass is 16.5. The first-order valence-electron chi connectivity index (χ1n) is 6.37. The summed E-state index contributed by atoms with van der Waals surface area (Å²) in [4.78, 5) is 23.5. The lowest BCUT2D eigenvalue weighted by molar-refractivity contribution is -0.145. The molecule has 0 aromatic heterocycles. The van der Waals surface area contributed by atoms with Crippen LogP contribution in [0.15, 0.2) is 30.3 Å². The molecule has 5 nitrogen and oxygen atoms in total. The molecule has 20 heavy (non-hydrogen) atoms. The van der Waals surface area contributed by atoms with Crippen molar-refractivity contribution in [3.8, 4) is 6.07 Å². The second kappa shape index (κ2) is 7.95. The number of rotatable bonds is 6. The molecule has 0 aliphatic rings. The molecule has 5 heteroatoms. The standard InChI is InChI=1S/C15H18N2O3/c1-11(10-16)8-13(15(19)20-2)17-14(18)9-12-6-4-3-5-7-12/h3-7,11,13H,8-9H2,1-2H3,(H,17,18)/t11-,13+/m0/s1. The molecule has 1 amide bonds. The van der Waals surface area contributed by atoms with Crippen LogP contribution in [0.2, 0.25) is 0 Å². The third-order valence-electron chi connectivity index (χ3n) is 2.84. The van der Waals surface area contributed by atoms with Crippen LogP contribution in [0.1, 0.15) is 18.9 Å². The fourth-order valence-corrected chi connectivity index (χ4v) is 1.79. The predicted molar refractivity (Wildman–Crippen MR) is 73.5 cm³/mol. The number of carbonyl (C=O) groups is 2. The summed E-state index contributed by atoms with van der Waals surface area (Å²) in [6.07, 6.45) is 0.430. The second-order valence-electron chi connectivity index (χ2n) is 4.57. The number of esters is 1. The summed E-state index contributed by atoms with van der Waals surface area (Å²) < 4.78 is 4.65. The number of hydrogen-bond donors (Lipinski definition) is 1. The number of methoxy groups -OCH3 is 1. The predicted octanol–water partition coefficient (Wildman–Crippen LogP) is 1.44. The molecular weight excluding hydrogens is 256 g/mol. The van der Waals surface area contributed by atoms with Crippen molar-refractivity contribution in [1.29, 1.82) is 5.26 Å². The minimum absolute atomic E-state index is 0.190. The van der Waals surface area contributed by atoms with E-state index in [0.29, 0.717) is 0 Å². The first-order chi connectivity index (χ1) is 9.56. The largest absolute Gasteiger partial charge is 0.467 e. The third kappa shape index (κ3) is 5.11. The molecule has 0 saturated heterocycles. The van der Waals surface area contributed by atoms with Crippen molar-refractivity contribution in [2.45, 2.75) is 25.8 Å². The van der Waals surface area contributed by atoms with E-state index in [1.54, 1.807) is 6.92 Å². The van der Waals surface area contributed by atoms with Crippen LogP contribution < -0.4 is 5.32 Å². The van der Waals surface area contributed by atoms with Gasteiger partial charge in [-0.15, -0.1) is 0 Å². The van der Waals surface area contributed by atoms with Gasteiger partial charge in [0.05, 0.1) is 19.6 Å². The van der Waals surface area contributed by atoms with Crippen molar-refractivity contribution < 1.29 is 14.3 Å². The lowest BCUT2D eigenvalue weighted by Crippen LogP contribution is -2.43. The van der Waals surface area contributed by atoms with E-state index in [4.69, 9.17) is 5.26 Å². The Labute approximate surface area is 118 Å². The molecule has 0 aliphatic heterocycles. The van der Waals surface area contributed by atoms with E-state index in [-0.39, 0.29) is 24.7 Å². The first-order valence-corrected chi connectivity index (χ1v) is 6.37. The molecule has 0 spiro atoms. The molecule has 0 unspecified atom stereocenters. The molecule has 0 fully saturated rings. The lowest BCUT2D eigenvalue weighted by atomic mass is 10.0. The molecule has 0 saturated carbocycles. The monoisotopic (exact) mass is 274 g/mol. The van der Waals surface area contributed by atoms with Crippen molar-refractivity contribution in [3.05, 3.63) is 35.9 Å². The molecule has 0 bridgehead atoms. The van der Waals surface area contributed by atoms with E-state index in [1.807, 2.05) is 36.4 Å². The van der Waals surface area contributed by atoms with Crippen LogP contribution in [0.25, 0.3) is 0 Å². The Morgan fingerprint density at radius 2 is 2.00 bits per heavy atom. The highest BCUT2D eigenvalue weighted by Crippen LogP contribution is 2.07. The molecule has 1 N–H and O–H groups in total. The smallest absolute Gasteiger partial charge is 0.328 e. The lowest BCUT2D eigenvalue weighted by Gasteiger charge is -2.17. The third-order valence-corrected chi connectivity index (χ3v) is 2.84. The van der Waals surface area contributed by atoms with Gasteiger partial charge in [0.1, 0.15) is 6.04 Å². The maximum Gasteiger partial charge on any atom is 0.328 e. The number of nitrogens with one attached hydrogen (secondary N) is 1. The highest BCUT2D eigenvalue weighted by Gasteiger charge is 2.23. The normalized spacial score (nSPS) is 12.8. The summed E-state index contributed by atoms with van der Waals surface area (Å²) in [5.74, 6) is -1.14. The van der Waals surface area contributed by atoms with Crippen LogP contribution >= 0.6 is 0 Å². The van der Waals surface area contributed by atoms with Gasteiger partial charge in [-0.05, 0) is 18.9 Å². The maximum atomic E-state index is 11.9. The Balaban J connectivity index is 2.62. The van der Waals surface area contributed by atoms with E-state index < -0.39 is 12.0 Å². The van der Waals surface area contributed by atoms with E-state index >= 15 is 0 Å².